The quantitative estimate of drug-likeness (QED) is 0.690. The summed E-state index contributed by atoms with van der Waals surface area (Å²) in [4.78, 5) is 3.92. The number of benzene rings is 2. The van der Waals surface area contributed by atoms with E-state index in [1.165, 1.54) is 19.3 Å². The van der Waals surface area contributed by atoms with Gasteiger partial charge in [-0.3, -0.25) is 9.54 Å². The summed E-state index contributed by atoms with van der Waals surface area (Å²) in [5.74, 6) is 0.742. The number of nitrogens with zero attached hydrogens (tertiary/aromatic N) is 1. The number of hydrogen-bond acceptors (Lipinski definition) is 4. The fourth-order valence-corrected chi connectivity index (χ4v) is 3.79. The molecule has 0 aliphatic heterocycles. The van der Waals surface area contributed by atoms with Crippen LogP contribution in [-0.4, -0.2) is 25.1 Å². The summed E-state index contributed by atoms with van der Waals surface area (Å²) in [6.07, 6.45) is 3.01. The Bertz CT molecular complexity index is 1000. The number of pyridine rings is 1. The van der Waals surface area contributed by atoms with Crippen LogP contribution in [0.4, 0.5) is 0 Å². The molecular formula is C20H19NO4S. The van der Waals surface area contributed by atoms with Crippen LogP contribution in [0.5, 0.6) is 5.75 Å². The molecule has 1 unspecified atom stereocenters. The molecule has 1 atom stereocenters. The largest absolute Gasteiger partial charge is 0.497 e. The summed E-state index contributed by atoms with van der Waals surface area (Å²) in [5, 5.41) is 0. The summed E-state index contributed by atoms with van der Waals surface area (Å²) in [5.41, 5.74) is 2.79. The zero-order valence-corrected chi connectivity index (χ0v) is 15.3. The maximum atomic E-state index is 12.2. The molecule has 1 aromatic heterocycles. The Morgan fingerprint density at radius 1 is 0.923 bits per heavy atom. The van der Waals surface area contributed by atoms with Crippen LogP contribution >= 0.6 is 0 Å². The first-order valence-corrected chi connectivity index (χ1v) is 9.43. The highest BCUT2D eigenvalue weighted by Gasteiger charge is 2.41. The maximum absolute atomic E-state index is 12.2. The van der Waals surface area contributed by atoms with Gasteiger partial charge in [0.2, 0.25) is 0 Å². The van der Waals surface area contributed by atoms with Crippen molar-refractivity contribution in [3.63, 3.8) is 0 Å². The lowest BCUT2D eigenvalue weighted by Crippen LogP contribution is -2.33. The van der Waals surface area contributed by atoms with E-state index >= 15 is 0 Å². The van der Waals surface area contributed by atoms with Crippen molar-refractivity contribution in [3.8, 4) is 16.9 Å². The van der Waals surface area contributed by atoms with Gasteiger partial charge in [-0.1, -0.05) is 36.4 Å². The lowest BCUT2D eigenvalue weighted by atomic mass is 9.91. The summed E-state index contributed by atoms with van der Waals surface area (Å²) >= 11 is 0. The zero-order chi connectivity index (χ0) is 18.8. The SMILES string of the molecule is COc1cccc(-c2ccc(C(C)(c3ccncc3)S(=O)(=O)O)cc2)c1. The smallest absolute Gasteiger partial charge is 0.278 e. The molecule has 0 bridgehead atoms. The molecule has 3 rings (SSSR count). The molecule has 134 valence electrons. The van der Waals surface area contributed by atoms with Crippen molar-refractivity contribution in [3.05, 3.63) is 84.2 Å². The fourth-order valence-electron chi connectivity index (χ4n) is 2.92. The summed E-state index contributed by atoms with van der Waals surface area (Å²) < 4.78 is 38.0. The second-order valence-corrected chi connectivity index (χ2v) is 7.82. The van der Waals surface area contributed by atoms with E-state index in [0.29, 0.717) is 11.1 Å². The predicted molar refractivity (Wildman–Crippen MR) is 101 cm³/mol. The molecule has 6 heteroatoms. The Balaban J connectivity index is 2.08. The van der Waals surface area contributed by atoms with Crippen LogP contribution in [0.2, 0.25) is 0 Å². The van der Waals surface area contributed by atoms with E-state index in [1.807, 2.05) is 36.4 Å². The molecule has 0 saturated heterocycles. The number of rotatable bonds is 5. The standard InChI is InChI=1S/C20H19NO4S/c1-20(26(22,23)24,18-10-12-21-13-11-18)17-8-6-15(7-9-17)16-4-3-5-19(14-16)25-2/h3-14H,1-2H3,(H,22,23,24). The van der Waals surface area contributed by atoms with Crippen LogP contribution in [-0.2, 0) is 14.9 Å². The van der Waals surface area contributed by atoms with Crippen LogP contribution in [0.1, 0.15) is 18.1 Å². The van der Waals surface area contributed by atoms with Crippen molar-refractivity contribution < 1.29 is 17.7 Å². The highest BCUT2D eigenvalue weighted by molar-refractivity contribution is 7.87. The van der Waals surface area contributed by atoms with Gasteiger partial charge in [0.05, 0.1) is 7.11 Å². The first-order chi connectivity index (χ1) is 12.4. The number of hydrogen-bond donors (Lipinski definition) is 1. The minimum absolute atomic E-state index is 0.448. The van der Waals surface area contributed by atoms with Gasteiger partial charge < -0.3 is 4.74 Å². The maximum Gasteiger partial charge on any atom is 0.278 e. The molecule has 0 fully saturated rings. The van der Waals surface area contributed by atoms with E-state index in [0.717, 1.165) is 16.9 Å². The van der Waals surface area contributed by atoms with Crippen LogP contribution in [0.3, 0.4) is 0 Å². The highest BCUT2D eigenvalue weighted by Crippen LogP contribution is 2.37. The van der Waals surface area contributed by atoms with E-state index in [2.05, 4.69) is 4.98 Å². The third kappa shape index (κ3) is 3.21. The monoisotopic (exact) mass is 369 g/mol. The van der Waals surface area contributed by atoms with Crippen LogP contribution in [0, 0.1) is 0 Å². The zero-order valence-electron chi connectivity index (χ0n) is 14.5. The van der Waals surface area contributed by atoms with Gasteiger partial charge in [-0.15, -0.1) is 0 Å². The first-order valence-electron chi connectivity index (χ1n) is 7.99. The molecule has 0 saturated carbocycles. The van der Waals surface area contributed by atoms with Crippen molar-refractivity contribution in [2.24, 2.45) is 0 Å². The van der Waals surface area contributed by atoms with Gasteiger partial charge in [0.15, 0.2) is 0 Å². The molecular weight excluding hydrogens is 350 g/mol. The second-order valence-electron chi connectivity index (χ2n) is 6.05. The normalized spacial score (nSPS) is 13.8. The topological polar surface area (TPSA) is 76.5 Å². The van der Waals surface area contributed by atoms with E-state index in [9.17, 15) is 13.0 Å². The van der Waals surface area contributed by atoms with Crippen molar-refractivity contribution >= 4 is 10.1 Å². The van der Waals surface area contributed by atoms with Crippen molar-refractivity contribution in [1.82, 2.24) is 4.98 Å². The van der Waals surface area contributed by atoms with Crippen LogP contribution in [0.15, 0.2) is 73.1 Å². The predicted octanol–water partition coefficient (Wildman–Crippen LogP) is 3.91. The first kappa shape index (κ1) is 18.1. The molecule has 0 aliphatic rings. The molecule has 1 N–H and O–H groups in total. The summed E-state index contributed by atoms with van der Waals surface area (Å²) in [6, 6.07) is 17.9. The lowest BCUT2D eigenvalue weighted by molar-refractivity contribution is 0.415. The van der Waals surface area contributed by atoms with Gasteiger partial charge in [0, 0.05) is 12.4 Å². The molecule has 5 nitrogen and oxygen atoms in total. The van der Waals surface area contributed by atoms with Gasteiger partial charge in [-0.05, 0) is 53.4 Å². The van der Waals surface area contributed by atoms with Gasteiger partial charge in [0.1, 0.15) is 10.5 Å². The molecule has 0 amide bonds. The Morgan fingerprint density at radius 3 is 2.12 bits per heavy atom. The van der Waals surface area contributed by atoms with Gasteiger partial charge >= 0.3 is 0 Å². The van der Waals surface area contributed by atoms with Gasteiger partial charge in [-0.25, -0.2) is 0 Å². The molecule has 26 heavy (non-hydrogen) atoms. The Morgan fingerprint density at radius 2 is 1.54 bits per heavy atom. The van der Waals surface area contributed by atoms with E-state index in [-0.39, 0.29) is 0 Å². The molecule has 2 aromatic carbocycles. The Kier molecular flexibility index (Phi) is 4.80. The molecule has 1 heterocycles. The number of aromatic nitrogens is 1. The molecule has 0 spiro atoms. The van der Waals surface area contributed by atoms with Gasteiger partial charge in [0.25, 0.3) is 10.1 Å². The Hall–Kier alpha value is -2.70. The van der Waals surface area contributed by atoms with Crippen LogP contribution in [0.25, 0.3) is 11.1 Å². The van der Waals surface area contributed by atoms with E-state index < -0.39 is 14.9 Å². The van der Waals surface area contributed by atoms with Crippen molar-refractivity contribution in [2.75, 3.05) is 7.11 Å². The van der Waals surface area contributed by atoms with Crippen molar-refractivity contribution in [2.45, 2.75) is 11.7 Å². The molecule has 3 aromatic rings. The molecule has 0 radical (unpaired) electrons. The summed E-state index contributed by atoms with van der Waals surface area (Å²) in [7, 11) is -2.80. The fraction of sp³-hybridized carbons (Fsp3) is 0.150. The second kappa shape index (κ2) is 6.90. The average molecular weight is 369 g/mol. The number of methoxy groups -OCH3 is 1. The van der Waals surface area contributed by atoms with Gasteiger partial charge in [-0.2, -0.15) is 8.42 Å². The van der Waals surface area contributed by atoms with Crippen LogP contribution < -0.4 is 4.74 Å². The number of ether oxygens (including phenoxy) is 1. The third-order valence-corrected chi connectivity index (χ3v) is 6.09. The Labute approximate surface area is 153 Å². The lowest BCUT2D eigenvalue weighted by Gasteiger charge is -2.27. The average Bonchev–Trinajstić information content (AvgIpc) is 2.67. The van der Waals surface area contributed by atoms with E-state index in [1.54, 1.807) is 31.4 Å². The minimum Gasteiger partial charge on any atom is -0.497 e. The van der Waals surface area contributed by atoms with Crippen molar-refractivity contribution in [1.29, 1.82) is 0 Å². The van der Waals surface area contributed by atoms with E-state index in [4.69, 9.17) is 4.74 Å². The highest BCUT2D eigenvalue weighted by atomic mass is 32.2. The third-order valence-electron chi connectivity index (χ3n) is 4.59. The minimum atomic E-state index is -4.41. The molecule has 0 aliphatic carbocycles. The summed E-state index contributed by atoms with van der Waals surface area (Å²) in [6.45, 7) is 1.48.